The smallest absolute Gasteiger partial charge is 0.155 e. The maximum Gasteiger partial charge on any atom is 0.155 e. The Morgan fingerprint density at radius 2 is 2.29 bits per heavy atom. The molecule has 0 bridgehead atoms. The SMILES string of the molecule is C=Cc1ccc(-c2ncn[nH]2)cc1C. The van der Waals surface area contributed by atoms with Crippen LogP contribution in [0.5, 0.6) is 0 Å². The molecule has 1 aromatic carbocycles. The lowest BCUT2D eigenvalue weighted by molar-refractivity contribution is 1.09. The fourth-order valence-electron chi connectivity index (χ4n) is 1.40. The summed E-state index contributed by atoms with van der Waals surface area (Å²) in [6, 6.07) is 6.10. The van der Waals surface area contributed by atoms with E-state index in [0.29, 0.717) is 0 Å². The van der Waals surface area contributed by atoms with Gasteiger partial charge in [-0.25, -0.2) is 4.98 Å². The van der Waals surface area contributed by atoms with E-state index in [0.717, 1.165) is 17.0 Å². The summed E-state index contributed by atoms with van der Waals surface area (Å²) >= 11 is 0. The normalized spacial score (nSPS) is 10.1. The van der Waals surface area contributed by atoms with Crippen LogP contribution in [0.3, 0.4) is 0 Å². The number of nitrogens with zero attached hydrogens (tertiary/aromatic N) is 2. The highest BCUT2D eigenvalue weighted by Gasteiger charge is 2.01. The Morgan fingerprint density at radius 1 is 1.43 bits per heavy atom. The molecule has 0 saturated heterocycles. The molecule has 1 aromatic heterocycles. The first kappa shape index (κ1) is 8.69. The van der Waals surface area contributed by atoms with Gasteiger partial charge in [-0.3, -0.25) is 5.10 Å². The van der Waals surface area contributed by atoms with Crippen molar-refractivity contribution in [2.45, 2.75) is 6.92 Å². The summed E-state index contributed by atoms with van der Waals surface area (Å²) in [5, 5.41) is 6.65. The van der Waals surface area contributed by atoms with Crippen LogP contribution in [0.25, 0.3) is 17.5 Å². The van der Waals surface area contributed by atoms with Gasteiger partial charge in [-0.15, -0.1) is 0 Å². The van der Waals surface area contributed by atoms with Gasteiger partial charge in [0.15, 0.2) is 5.82 Å². The van der Waals surface area contributed by atoms with Crippen molar-refractivity contribution in [2.24, 2.45) is 0 Å². The molecule has 2 rings (SSSR count). The van der Waals surface area contributed by atoms with Crippen LogP contribution in [0.4, 0.5) is 0 Å². The van der Waals surface area contributed by atoms with Gasteiger partial charge in [-0.05, 0) is 24.1 Å². The molecule has 2 aromatic rings. The number of rotatable bonds is 2. The first-order chi connectivity index (χ1) is 6.81. The summed E-state index contributed by atoms with van der Waals surface area (Å²) in [7, 11) is 0. The van der Waals surface area contributed by atoms with Crippen molar-refractivity contribution in [2.75, 3.05) is 0 Å². The minimum atomic E-state index is 0.795. The Balaban J connectivity index is 2.48. The third-order valence-electron chi connectivity index (χ3n) is 2.18. The van der Waals surface area contributed by atoms with Crippen molar-refractivity contribution in [3.63, 3.8) is 0 Å². The largest absolute Gasteiger partial charge is 0.259 e. The standard InChI is InChI=1S/C11H11N3/c1-3-9-4-5-10(6-8(9)2)11-12-7-13-14-11/h3-7H,1H2,2H3,(H,12,13,14). The van der Waals surface area contributed by atoms with Gasteiger partial charge in [-0.1, -0.05) is 24.8 Å². The van der Waals surface area contributed by atoms with Crippen LogP contribution in [0.2, 0.25) is 0 Å². The van der Waals surface area contributed by atoms with E-state index >= 15 is 0 Å². The molecule has 0 atom stereocenters. The molecule has 0 saturated carbocycles. The number of aromatic amines is 1. The van der Waals surface area contributed by atoms with Crippen LogP contribution >= 0.6 is 0 Å². The van der Waals surface area contributed by atoms with Crippen LogP contribution in [0, 0.1) is 6.92 Å². The molecule has 0 fully saturated rings. The van der Waals surface area contributed by atoms with Crippen LogP contribution in [0.1, 0.15) is 11.1 Å². The van der Waals surface area contributed by atoms with Gasteiger partial charge < -0.3 is 0 Å². The van der Waals surface area contributed by atoms with Crippen LogP contribution in [-0.4, -0.2) is 15.2 Å². The predicted octanol–water partition coefficient (Wildman–Crippen LogP) is 2.42. The summed E-state index contributed by atoms with van der Waals surface area (Å²) in [6.07, 6.45) is 3.35. The van der Waals surface area contributed by atoms with Crippen LogP contribution in [-0.2, 0) is 0 Å². The van der Waals surface area contributed by atoms with Gasteiger partial charge in [0.1, 0.15) is 6.33 Å². The average molecular weight is 185 g/mol. The van der Waals surface area contributed by atoms with E-state index in [2.05, 4.69) is 34.8 Å². The van der Waals surface area contributed by atoms with E-state index < -0.39 is 0 Å². The summed E-state index contributed by atoms with van der Waals surface area (Å²) in [5.41, 5.74) is 3.38. The number of hydrogen-bond donors (Lipinski definition) is 1. The van der Waals surface area contributed by atoms with Crippen molar-refractivity contribution >= 4 is 6.08 Å². The number of aromatic nitrogens is 3. The van der Waals surface area contributed by atoms with Crippen molar-refractivity contribution in [1.82, 2.24) is 15.2 Å². The highest BCUT2D eigenvalue weighted by atomic mass is 15.2. The highest BCUT2D eigenvalue weighted by molar-refractivity contribution is 5.61. The second-order valence-electron chi connectivity index (χ2n) is 3.11. The first-order valence-electron chi connectivity index (χ1n) is 4.40. The van der Waals surface area contributed by atoms with E-state index in [1.807, 2.05) is 18.2 Å². The molecule has 1 heterocycles. The average Bonchev–Trinajstić information content (AvgIpc) is 2.70. The Kier molecular flexibility index (Phi) is 2.14. The second kappa shape index (κ2) is 3.46. The molecule has 1 N–H and O–H groups in total. The summed E-state index contributed by atoms with van der Waals surface area (Å²) in [4.78, 5) is 4.09. The molecule has 14 heavy (non-hydrogen) atoms. The molecule has 0 spiro atoms. The Labute approximate surface area is 82.5 Å². The third kappa shape index (κ3) is 1.44. The van der Waals surface area contributed by atoms with E-state index in [-0.39, 0.29) is 0 Å². The molecule has 0 aliphatic carbocycles. The van der Waals surface area contributed by atoms with E-state index in [1.165, 1.54) is 11.9 Å². The Morgan fingerprint density at radius 3 is 2.86 bits per heavy atom. The highest BCUT2D eigenvalue weighted by Crippen LogP contribution is 2.18. The summed E-state index contributed by atoms with van der Waals surface area (Å²) in [6.45, 7) is 5.80. The minimum Gasteiger partial charge on any atom is -0.259 e. The fourth-order valence-corrected chi connectivity index (χ4v) is 1.40. The molecule has 0 unspecified atom stereocenters. The molecule has 3 heteroatoms. The summed E-state index contributed by atoms with van der Waals surface area (Å²) in [5.74, 6) is 0.795. The zero-order chi connectivity index (χ0) is 9.97. The number of hydrogen-bond acceptors (Lipinski definition) is 2. The number of nitrogens with one attached hydrogen (secondary N) is 1. The number of benzene rings is 1. The molecule has 0 radical (unpaired) electrons. The van der Waals surface area contributed by atoms with Gasteiger partial charge in [-0.2, -0.15) is 5.10 Å². The van der Waals surface area contributed by atoms with Gasteiger partial charge in [0, 0.05) is 5.56 Å². The molecular weight excluding hydrogens is 174 g/mol. The predicted molar refractivity (Wildman–Crippen MR) is 56.6 cm³/mol. The maximum absolute atomic E-state index is 4.09. The quantitative estimate of drug-likeness (QED) is 0.780. The molecule has 0 amide bonds. The van der Waals surface area contributed by atoms with Gasteiger partial charge in [0.05, 0.1) is 0 Å². The summed E-state index contributed by atoms with van der Waals surface area (Å²) < 4.78 is 0. The monoisotopic (exact) mass is 185 g/mol. The topological polar surface area (TPSA) is 41.6 Å². The lowest BCUT2D eigenvalue weighted by atomic mass is 10.1. The maximum atomic E-state index is 4.09. The first-order valence-corrected chi connectivity index (χ1v) is 4.40. The van der Waals surface area contributed by atoms with Crippen molar-refractivity contribution in [1.29, 1.82) is 0 Å². The molecule has 0 aliphatic heterocycles. The molecule has 0 aliphatic rings. The van der Waals surface area contributed by atoms with Gasteiger partial charge >= 0.3 is 0 Å². The number of H-pyrrole nitrogens is 1. The lowest BCUT2D eigenvalue weighted by Crippen LogP contribution is -1.85. The zero-order valence-corrected chi connectivity index (χ0v) is 7.99. The minimum absolute atomic E-state index is 0.795. The third-order valence-corrected chi connectivity index (χ3v) is 2.18. The van der Waals surface area contributed by atoms with Crippen LogP contribution in [0.15, 0.2) is 31.1 Å². The number of aryl methyl sites for hydroxylation is 1. The van der Waals surface area contributed by atoms with E-state index in [1.54, 1.807) is 0 Å². The van der Waals surface area contributed by atoms with E-state index in [4.69, 9.17) is 0 Å². The Bertz CT molecular complexity index is 444. The Hall–Kier alpha value is -1.90. The van der Waals surface area contributed by atoms with Crippen molar-refractivity contribution < 1.29 is 0 Å². The fraction of sp³-hybridized carbons (Fsp3) is 0.0909. The zero-order valence-electron chi connectivity index (χ0n) is 7.99. The molecule has 3 nitrogen and oxygen atoms in total. The lowest BCUT2D eigenvalue weighted by Gasteiger charge is -2.02. The van der Waals surface area contributed by atoms with Gasteiger partial charge in [0.25, 0.3) is 0 Å². The van der Waals surface area contributed by atoms with E-state index in [9.17, 15) is 0 Å². The van der Waals surface area contributed by atoms with Gasteiger partial charge in [0.2, 0.25) is 0 Å². The van der Waals surface area contributed by atoms with Crippen LogP contribution < -0.4 is 0 Å². The van der Waals surface area contributed by atoms with Crippen molar-refractivity contribution in [3.8, 4) is 11.4 Å². The second-order valence-corrected chi connectivity index (χ2v) is 3.11. The molecular formula is C11H11N3. The van der Waals surface area contributed by atoms with Crippen molar-refractivity contribution in [3.05, 3.63) is 42.2 Å². The molecule has 70 valence electrons.